The summed E-state index contributed by atoms with van der Waals surface area (Å²) in [6.45, 7) is 0. The predicted octanol–water partition coefficient (Wildman–Crippen LogP) is 2.57. The minimum absolute atomic E-state index is 0.109. The van der Waals surface area contributed by atoms with Crippen LogP contribution < -0.4 is 10.5 Å². The monoisotopic (exact) mass is 346 g/mol. The van der Waals surface area contributed by atoms with Gasteiger partial charge in [0.15, 0.2) is 10.8 Å². The van der Waals surface area contributed by atoms with Crippen molar-refractivity contribution in [3.63, 3.8) is 0 Å². The summed E-state index contributed by atoms with van der Waals surface area (Å²) in [5.41, 5.74) is 5.79. The lowest BCUT2D eigenvalue weighted by Gasteiger charge is -2.08. The molecule has 0 saturated heterocycles. The molecule has 3 rings (SSSR count). The maximum atomic E-state index is 13.1. The average molecular weight is 347 g/mol. The van der Waals surface area contributed by atoms with E-state index in [1.165, 1.54) is 27.9 Å². The second kappa shape index (κ2) is 4.86. The van der Waals surface area contributed by atoms with Crippen molar-refractivity contribution in [3.05, 3.63) is 40.6 Å². The summed E-state index contributed by atoms with van der Waals surface area (Å²) in [7, 11) is -3.98. The topological polar surface area (TPSA) is 89.5 Å². The summed E-state index contributed by atoms with van der Waals surface area (Å²) in [6, 6.07) is 3.51. The molecular formula is C11H8ClFN4O2S2. The Morgan fingerprint density at radius 3 is 2.90 bits per heavy atom. The molecule has 0 aliphatic rings. The molecule has 0 aliphatic carbocycles. The number of fused-ring (bicyclic) bond motifs is 1. The van der Waals surface area contributed by atoms with Crippen molar-refractivity contribution in [1.82, 2.24) is 9.38 Å². The van der Waals surface area contributed by atoms with Crippen molar-refractivity contribution in [1.29, 1.82) is 0 Å². The minimum Gasteiger partial charge on any atom is -0.381 e. The molecule has 6 nitrogen and oxygen atoms in total. The molecule has 3 N–H and O–H groups in total. The van der Waals surface area contributed by atoms with Crippen molar-refractivity contribution < 1.29 is 12.8 Å². The van der Waals surface area contributed by atoms with E-state index >= 15 is 0 Å². The molecule has 2 aromatic heterocycles. The Balaban J connectivity index is 2.06. The largest absolute Gasteiger partial charge is 0.381 e. The highest BCUT2D eigenvalue weighted by molar-refractivity contribution is 7.92. The molecule has 0 radical (unpaired) electrons. The molecule has 0 spiro atoms. The van der Waals surface area contributed by atoms with Crippen LogP contribution in [0.15, 0.2) is 34.8 Å². The number of thiazole rings is 1. The van der Waals surface area contributed by atoms with Crippen LogP contribution in [0.1, 0.15) is 0 Å². The molecule has 0 saturated carbocycles. The lowest BCUT2D eigenvalue weighted by molar-refractivity contribution is 0.597. The molecule has 110 valence electrons. The maximum Gasteiger partial charge on any atom is 0.281 e. The molecule has 0 aliphatic heterocycles. The number of aromatic nitrogens is 2. The van der Waals surface area contributed by atoms with E-state index in [1.807, 2.05) is 0 Å². The molecule has 21 heavy (non-hydrogen) atoms. The number of anilines is 2. The first-order valence-corrected chi connectivity index (χ1v) is 8.31. The molecular weight excluding hydrogens is 339 g/mol. The summed E-state index contributed by atoms with van der Waals surface area (Å²) >= 11 is 6.88. The molecule has 0 amide bonds. The number of rotatable bonds is 3. The van der Waals surface area contributed by atoms with Crippen LogP contribution in [0.5, 0.6) is 0 Å². The minimum atomic E-state index is -3.98. The quantitative estimate of drug-likeness (QED) is 0.762. The lowest BCUT2D eigenvalue weighted by Crippen LogP contribution is -2.16. The first-order chi connectivity index (χ1) is 9.88. The third-order valence-electron chi connectivity index (χ3n) is 2.67. The number of nitrogens with one attached hydrogen (secondary N) is 1. The predicted molar refractivity (Wildman–Crippen MR) is 79.7 cm³/mol. The van der Waals surface area contributed by atoms with Crippen LogP contribution >= 0.6 is 22.9 Å². The van der Waals surface area contributed by atoms with E-state index in [0.717, 1.165) is 6.07 Å². The van der Waals surface area contributed by atoms with Gasteiger partial charge in [-0.05, 0) is 18.2 Å². The zero-order chi connectivity index (χ0) is 15.2. The van der Waals surface area contributed by atoms with Crippen molar-refractivity contribution in [2.24, 2.45) is 0 Å². The highest BCUT2D eigenvalue weighted by Crippen LogP contribution is 2.26. The third kappa shape index (κ3) is 2.43. The number of imidazole rings is 1. The summed E-state index contributed by atoms with van der Waals surface area (Å²) in [5, 5.41) is 1.34. The number of nitrogens with two attached hydrogens (primary N) is 1. The number of benzene rings is 1. The van der Waals surface area contributed by atoms with Gasteiger partial charge in [0.2, 0.25) is 5.03 Å². The summed E-state index contributed by atoms with van der Waals surface area (Å²) in [4.78, 5) is 4.43. The van der Waals surface area contributed by atoms with Gasteiger partial charge >= 0.3 is 0 Å². The smallest absolute Gasteiger partial charge is 0.281 e. The number of sulfonamides is 1. The average Bonchev–Trinajstić information content (AvgIpc) is 2.92. The van der Waals surface area contributed by atoms with E-state index in [4.69, 9.17) is 17.3 Å². The summed E-state index contributed by atoms with van der Waals surface area (Å²) in [5.74, 6) is -0.744. The molecule has 0 atom stereocenters. The van der Waals surface area contributed by atoms with Gasteiger partial charge in [-0.3, -0.25) is 9.12 Å². The zero-order valence-corrected chi connectivity index (χ0v) is 12.6. The number of halogens is 2. The van der Waals surface area contributed by atoms with Crippen LogP contribution in [0, 0.1) is 5.82 Å². The van der Waals surface area contributed by atoms with Gasteiger partial charge in [-0.1, -0.05) is 11.6 Å². The number of hydrogen-bond acceptors (Lipinski definition) is 5. The van der Waals surface area contributed by atoms with Gasteiger partial charge in [0.25, 0.3) is 10.0 Å². The second-order valence-electron chi connectivity index (χ2n) is 4.09. The highest BCUT2D eigenvalue weighted by atomic mass is 35.5. The Labute approximate surface area is 128 Å². The standard InChI is InChI=1S/C11H8ClFN4O2S2/c12-7-5-6(1-2-8(7)13)16-21(18,19)10-9(14)15-11-17(10)3-4-20-11/h1-5,16H,14H2. The van der Waals surface area contributed by atoms with E-state index in [-0.39, 0.29) is 21.6 Å². The van der Waals surface area contributed by atoms with Gasteiger partial charge in [0, 0.05) is 11.6 Å². The number of nitrogens with zero attached hydrogens (tertiary/aromatic N) is 2. The maximum absolute atomic E-state index is 13.1. The number of hydrogen-bond donors (Lipinski definition) is 2. The molecule has 0 fully saturated rings. The van der Waals surface area contributed by atoms with Crippen LogP contribution in [-0.2, 0) is 10.0 Å². The second-order valence-corrected chi connectivity index (χ2v) is 6.97. The molecule has 1 aromatic carbocycles. The fraction of sp³-hybridized carbons (Fsp3) is 0. The van der Waals surface area contributed by atoms with Crippen molar-refractivity contribution in [3.8, 4) is 0 Å². The Bertz CT molecular complexity index is 935. The summed E-state index contributed by atoms with van der Waals surface area (Å²) in [6.07, 6.45) is 1.55. The first kappa shape index (κ1) is 14.1. The van der Waals surface area contributed by atoms with Crippen molar-refractivity contribution in [2.45, 2.75) is 5.03 Å². The lowest BCUT2D eigenvalue weighted by atomic mass is 10.3. The Hall–Kier alpha value is -1.84. The van der Waals surface area contributed by atoms with Gasteiger partial charge in [-0.25, -0.2) is 9.37 Å². The number of nitrogen functional groups attached to an aromatic ring is 1. The van der Waals surface area contributed by atoms with Gasteiger partial charge in [-0.15, -0.1) is 11.3 Å². The van der Waals surface area contributed by atoms with E-state index in [9.17, 15) is 12.8 Å². The van der Waals surface area contributed by atoms with Crippen molar-refractivity contribution in [2.75, 3.05) is 10.5 Å². The fourth-order valence-corrected chi connectivity index (χ4v) is 4.03. The van der Waals surface area contributed by atoms with Crippen LogP contribution in [0.2, 0.25) is 5.02 Å². The van der Waals surface area contributed by atoms with Gasteiger partial charge in [-0.2, -0.15) is 8.42 Å². The zero-order valence-electron chi connectivity index (χ0n) is 10.2. The molecule has 0 bridgehead atoms. The Kier molecular flexibility index (Phi) is 3.27. The van der Waals surface area contributed by atoms with Gasteiger partial charge in [0.1, 0.15) is 5.82 Å². The first-order valence-electron chi connectivity index (χ1n) is 5.57. The van der Waals surface area contributed by atoms with Gasteiger partial charge < -0.3 is 5.73 Å². The third-order valence-corrected chi connectivity index (χ3v) is 5.14. The van der Waals surface area contributed by atoms with Crippen molar-refractivity contribution >= 4 is 49.4 Å². The van der Waals surface area contributed by atoms with E-state index in [0.29, 0.717) is 4.96 Å². The SMILES string of the molecule is Nc1nc2sccn2c1S(=O)(=O)Nc1ccc(F)c(Cl)c1. The van der Waals surface area contributed by atoms with Crippen LogP contribution in [0.25, 0.3) is 4.96 Å². The Morgan fingerprint density at radius 2 is 2.19 bits per heavy atom. The van der Waals surface area contributed by atoms with E-state index < -0.39 is 15.8 Å². The highest BCUT2D eigenvalue weighted by Gasteiger charge is 2.24. The fourth-order valence-electron chi connectivity index (χ4n) is 1.81. The normalized spacial score (nSPS) is 11.9. The van der Waals surface area contributed by atoms with Gasteiger partial charge in [0.05, 0.1) is 10.7 Å². The molecule has 2 heterocycles. The Morgan fingerprint density at radius 1 is 1.43 bits per heavy atom. The van der Waals surface area contributed by atoms with E-state index in [2.05, 4.69) is 9.71 Å². The van der Waals surface area contributed by atoms with E-state index in [1.54, 1.807) is 11.6 Å². The molecule has 0 unspecified atom stereocenters. The van der Waals surface area contributed by atoms with Crippen LogP contribution in [-0.4, -0.2) is 17.8 Å². The molecule has 10 heteroatoms. The van der Waals surface area contributed by atoms with Crippen LogP contribution in [0.4, 0.5) is 15.9 Å². The van der Waals surface area contributed by atoms with Crippen LogP contribution in [0.3, 0.4) is 0 Å². The summed E-state index contributed by atoms with van der Waals surface area (Å²) < 4.78 is 41.6. The molecule has 3 aromatic rings.